The summed E-state index contributed by atoms with van der Waals surface area (Å²) in [6.45, 7) is 3.17. The average Bonchev–Trinajstić information content (AvgIpc) is 3.56. The molecule has 3 heterocycles. The van der Waals surface area contributed by atoms with Crippen LogP contribution in [0, 0.1) is 0 Å². The molecule has 0 aromatic heterocycles. The number of unbranched alkanes of at least 4 members (excludes halogenated alkanes) is 1. The van der Waals surface area contributed by atoms with Crippen molar-refractivity contribution in [2.75, 3.05) is 31.2 Å². The highest BCUT2D eigenvalue weighted by Crippen LogP contribution is 2.40. The molecule has 7 rings (SSSR count). The summed E-state index contributed by atoms with van der Waals surface area (Å²) in [4.78, 5) is 41.4. The molecule has 56 heavy (non-hydrogen) atoms. The van der Waals surface area contributed by atoms with Crippen molar-refractivity contribution in [3.05, 3.63) is 125 Å². The molecule has 12 nitrogen and oxygen atoms in total. The maximum absolute atomic E-state index is 13.3. The van der Waals surface area contributed by atoms with E-state index in [4.69, 9.17) is 14.7 Å². The van der Waals surface area contributed by atoms with Crippen LogP contribution in [0.1, 0.15) is 79.6 Å². The number of likely N-dealkylation sites (tertiary alicyclic amines) is 1. The summed E-state index contributed by atoms with van der Waals surface area (Å²) >= 11 is 0. The monoisotopic (exact) mass is 761 g/mol. The van der Waals surface area contributed by atoms with Crippen molar-refractivity contribution in [3.8, 4) is 11.1 Å². The number of rotatable bonds is 14. The molecular formula is C44H51N5O7. The lowest BCUT2D eigenvalue weighted by Gasteiger charge is -2.45. The molecule has 0 unspecified atom stereocenters. The molecule has 3 aliphatic heterocycles. The molecular weight excluding hydrogens is 711 g/mol. The highest BCUT2D eigenvalue weighted by molar-refractivity contribution is 5.93. The fourth-order valence-corrected chi connectivity index (χ4v) is 8.07. The number of para-hydroxylation sites is 1. The van der Waals surface area contributed by atoms with Gasteiger partial charge in [-0.2, -0.15) is 0 Å². The number of anilines is 1. The normalized spacial score (nSPS) is 20.8. The number of nitrogens with one attached hydrogen (secondary N) is 3. The minimum Gasteiger partial charge on any atom is -0.392 e. The molecule has 5 N–H and O–H groups in total. The zero-order valence-corrected chi connectivity index (χ0v) is 31.6. The molecule has 0 bridgehead atoms. The maximum atomic E-state index is 13.3. The molecule has 1 spiro atoms. The number of hydrogen-bond donors (Lipinski definition) is 5. The van der Waals surface area contributed by atoms with E-state index in [9.17, 15) is 19.5 Å². The summed E-state index contributed by atoms with van der Waals surface area (Å²) in [5, 5.41) is 24.3. The maximum Gasteiger partial charge on any atom is 0.247 e. The van der Waals surface area contributed by atoms with E-state index in [0.29, 0.717) is 38.9 Å². The van der Waals surface area contributed by atoms with Crippen molar-refractivity contribution in [1.82, 2.24) is 21.0 Å². The minimum atomic E-state index is -0.588. The van der Waals surface area contributed by atoms with Crippen LogP contribution in [0.5, 0.6) is 0 Å². The van der Waals surface area contributed by atoms with Crippen LogP contribution in [0.3, 0.4) is 0 Å². The van der Waals surface area contributed by atoms with Gasteiger partial charge in [0.2, 0.25) is 17.7 Å². The quantitative estimate of drug-likeness (QED) is 0.0637. The topological polar surface area (TPSA) is 153 Å². The third-order valence-corrected chi connectivity index (χ3v) is 11.3. The van der Waals surface area contributed by atoms with E-state index in [1.165, 1.54) is 0 Å². The third-order valence-electron chi connectivity index (χ3n) is 11.3. The molecule has 3 amide bonds. The summed E-state index contributed by atoms with van der Waals surface area (Å²) in [5.41, 5.74) is 7.93. The number of hydrogen-bond acceptors (Lipinski definition) is 9. The zero-order chi connectivity index (χ0) is 38.9. The van der Waals surface area contributed by atoms with Crippen LogP contribution in [0.2, 0.25) is 0 Å². The number of hydroxylamine groups is 1. The van der Waals surface area contributed by atoms with Gasteiger partial charge in [-0.05, 0) is 71.7 Å². The number of ether oxygens (including phenoxy) is 2. The second-order valence-corrected chi connectivity index (χ2v) is 15.0. The van der Waals surface area contributed by atoms with Crippen LogP contribution in [0.25, 0.3) is 11.1 Å². The Hall–Kier alpha value is -5.11. The van der Waals surface area contributed by atoms with Gasteiger partial charge >= 0.3 is 0 Å². The van der Waals surface area contributed by atoms with Gasteiger partial charge < -0.3 is 35.0 Å². The number of nitrogens with zero attached hydrogens (tertiary/aromatic N) is 2. The number of aliphatic hydroxyl groups is 1. The largest absolute Gasteiger partial charge is 0.392 e. The van der Waals surface area contributed by atoms with E-state index >= 15 is 0 Å². The van der Waals surface area contributed by atoms with E-state index < -0.39 is 17.7 Å². The smallest absolute Gasteiger partial charge is 0.247 e. The fraction of sp³-hybridized carbons (Fsp3) is 0.386. The van der Waals surface area contributed by atoms with Crippen LogP contribution in [-0.4, -0.2) is 70.9 Å². The van der Waals surface area contributed by atoms with Gasteiger partial charge in [-0.15, -0.1) is 0 Å². The number of carbonyl (C=O) groups is 3. The average molecular weight is 762 g/mol. The second kappa shape index (κ2) is 18.2. The van der Waals surface area contributed by atoms with Gasteiger partial charge in [0.15, 0.2) is 6.29 Å². The third kappa shape index (κ3) is 9.29. The molecule has 3 saturated heterocycles. The Morgan fingerprint density at radius 2 is 1.52 bits per heavy atom. The van der Waals surface area contributed by atoms with E-state index in [2.05, 4.69) is 50.8 Å². The Labute approximate surface area is 327 Å². The lowest BCUT2D eigenvalue weighted by atomic mass is 9.85. The van der Waals surface area contributed by atoms with Crippen molar-refractivity contribution in [1.29, 1.82) is 0 Å². The predicted octanol–water partition coefficient (Wildman–Crippen LogP) is 5.50. The Morgan fingerprint density at radius 1 is 0.804 bits per heavy atom. The Kier molecular flexibility index (Phi) is 12.7. The standard InChI is InChI=1S/C44H51N5O7/c50-29-31-13-15-34(16-14-31)39-26-38(28-48-23-21-44(22-24-48)43(53)46-30-49(44)37-9-2-1-3-10-37)55-42(56-39)35-19-17-33(18-20-35)36-8-6-7-32(25-36)27-45-40(51)11-4-5-12-41(52)47-54/h1-3,6-10,13-20,25,38-39,42,50,54H,4-5,11-12,21-24,26-30H2,(H,45,51)(H,46,53)(H,47,52)/t38-,39+,42+/m1/s1. The lowest BCUT2D eigenvalue weighted by molar-refractivity contribution is -0.253. The number of amides is 3. The van der Waals surface area contributed by atoms with Gasteiger partial charge in [-0.25, -0.2) is 5.48 Å². The molecule has 12 heteroatoms. The van der Waals surface area contributed by atoms with E-state index in [1.807, 2.05) is 72.8 Å². The molecule has 0 aliphatic carbocycles. The van der Waals surface area contributed by atoms with Gasteiger partial charge in [-0.3, -0.25) is 19.6 Å². The molecule has 0 radical (unpaired) electrons. The van der Waals surface area contributed by atoms with Gasteiger partial charge in [0.05, 0.1) is 25.5 Å². The predicted molar refractivity (Wildman–Crippen MR) is 211 cm³/mol. The van der Waals surface area contributed by atoms with Gasteiger partial charge in [0, 0.05) is 56.7 Å². The first kappa shape index (κ1) is 39.1. The van der Waals surface area contributed by atoms with Crippen molar-refractivity contribution in [3.63, 3.8) is 0 Å². The van der Waals surface area contributed by atoms with Gasteiger partial charge in [0.1, 0.15) is 5.54 Å². The van der Waals surface area contributed by atoms with Crippen LogP contribution >= 0.6 is 0 Å². The first-order valence-electron chi connectivity index (χ1n) is 19.6. The summed E-state index contributed by atoms with van der Waals surface area (Å²) < 4.78 is 13.3. The number of aliphatic hydroxyl groups excluding tert-OH is 1. The molecule has 3 fully saturated rings. The molecule has 3 aliphatic rings. The number of carbonyl (C=O) groups excluding carboxylic acids is 3. The van der Waals surface area contributed by atoms with Crippen LogP contribution in [0.4, 0.5) is 5.69 Å². The molecule has 4 aromatic carbocycles. The number of piperidine rings is 1. The minimum absolute atomic E-state index is 0.0186. The van der Waals surface area contributed by atoms with Crippen LogP contribution in [0.15, 0.2) is 103 Å². The molecule has 294 valence electrons. The van der Waals surface area contributed by atoms with Crippen molar-refractivity contribution in [2.45, 2.75) is 82.1 Å². The van der Waals surface area contributed by atoms with Crippen molar-refractivity contribution >= 4 is 23.4 Å². The van der Waals surface area contributed by atoms with E-state index in [1.54, 1.807) is 5.48 Å². The Balaban J connectivity index is 0.998. The highest BCUT2D eigenvalue weighted by Gasteiger charge is 2.50. The molecule has 0 saturated carbocycles. The summed E-state index contributed by atoms with van der Waals surface area (Å²) in [7, 11) is 0. The van der Waals surface area contributed by atoms with Gasteiger partial charge in [-0.1, -0.05) is 84.9 Å². The second-order valence-electron chi connectivity index (χ2n) is 15.0. The van der Waals surface area contributed by atoms with Crippen LogP contribution in [-0.2, 0) is 37.0 Å². The fourth-order valence-electron chi connectivity index (χ4n) is 8.07. The van der Waals surface area contributed by atoms with Crippen LogP contribution < -0.4 is 21.0 Å². The van der Waals surface area contributed by atoms with Crippen molar-refractivity contribution in [2.24, 2.45) is 0 Å². The molecule has 4 aromatic rings. The zero-order valence-electron chi connectivity index (χ0n) is 31.6. The Bertz CT molecular complexity index is 1930. The van der Waals surface area contributed by atoms with E-state index in [-0.39, 0.29) is 37.0 Å². The van der Waals surface area contributed by atoms with Gasteiger partial charge in [0.25, 0.3) is 0 Å². The first-order valence-corrected chi connectivity index (χ1v) is 19.6. The summed E-state index contributed by atoms with van der Waals surface area (Å²) in [5.74, 6) is -0.433. The summed E-state index contributed by atoms with van der Waals surface area (Å²) in [6.07, 6.45) is 2.81. The Morgan fingerprint density at radius 3 is 2.23 bits per heavy atom. The number of benzene rings is 4. The van der Waals surface area contributed by atoms with Crippen molar-refractivity contribution < 1.29 is 34.2 Å². The SMILES string of the molecule is O=C(CCCCC(=O)NCc1cccc(-c2ccc([C@H]3O[C@@H](CN4CCC5(CC4)C(=O)NCN5c4ccccc4)C[C@@H](c4ccc(CO)cc4)O3)cc2)c1)NO. The lowest BCUT2D eigenvalue weighted by Crippen LogP contribution is -2.57. The first-order chi connectivity index (χ1) is 27.3. The summed E-state index contributed by atoms with van der Waals surface area (Å²) in [6, 6.07) is 34.3. The highest BCUT2D eigenvalue weighted by atomic mass is 16.7. The van der Waals surface area contributed by atoms with E-state index in [0.717, 1.165) is 71.5 Å². The molecule has 3 atom stereocenters.